The van der Waals surface area contributed by atoms with Gasteiger partial charge in [0, 0.05) is 18.8 Å². The van der Waals surface area contributed by atoms with Crippen LogP contribution in [0.5, 0.6) is 0 Å². The number of anilines is 1. The molecule has 0 radical (unpaired) electrons. The summed E-state index contributed by atoms with van der Waals surface area (Å²) in [5, 5.41) is 3.04. The van der Waals surface area contributed by atoms with Gasteiger partial charge in [-0.25, -0.2) is 8.42 Å². The molecule has 0 aliphatic carbocycles. The largest absolute Gasteiger partial charge is 0.322 e. The van der Waals surface area contributed by atoms with Crippen LogP contribution in [0.25, 0.3) is 0 Å². The zero-order valence-corrected chi connectivity index (χ0v) is 17.9. The molecule has 28 heavy (non-hydrogen) atoms. The smallest absolute Gasteiger partial charge is 0.257 e. The molecule has 0 unspecified atom stereocenters. The summed E-state index contributed by atoms with van der Waals surface area (Å²) in [6, 6.07) is 10.00. The summed E-state index contributed by atoms with van der Waals surface area (Å²) in [5.41, 5.74) is 2.84. The number of nitrogens with one attached hydrogen (secondary N) is 1. The summed E-state index contributed by atoms with van der Waals surface area (Å²) >= 11 is 6.21. The van der Waals surface area contributed by atoms with Crippen LogP contribution in [-0.4, -0.2) is 31.7 Å². The molecule has 1 N–H and O–H groups in total. The fourth-order valence-electron chi connectivity index (χ4n) is 3.36. The summed E-state index contributed by atoms with van der Waals surface area (Å²) in [6.07, 6.45) is 1.68. The number of nitrogens with zero attached hydrogens (tertiary/aromatic N) is 1. The quantitative estimate of drug-likeness (QED) is 0.784. The van der Waals surface area contributed by atoms with Gasteiger partial charge in [0.2, 0.25) is 10.0 Å². The van der Waals surface area contributed by atoms with Gasteiger partial charge in [-0.1, -0.05) is 36.2 Å². The maximum Gasteiger partial charge on any atom is 0.257 e. The van der Waals surface area contributed by atoms with Crippen molar-refractivity contribution in [3.63, 3.8) is 0 Å². The fourth-order valence-corrected chi connectivity index (χ4v) is 5.06. The number of halogens is 1. The van der Waals surface area contributed by atoms with Crippen LogP contribution in [0.1, 0.15) is 41.3 Å². The van der Waals surface area contributed by atoms with E-state index in [4.69, 9.17) is 11.6 Å². The van der Waals surface area contributed by atoms with Crippen molar-refractivity contribution in [2.75, 3.05) is 18.4 Å². The molecule has 0 bridgehead atoms. The van der Waals surface area contributed by atoms with E-state index in [-0.39, 0.29) is 15.5 Å². The van der Waals surface area contributed by atoms with Crippen molar-refractivity contribution in [2.45, 2.75) is 38.5 Å². The second kappa shape index (κ2) is 8.23. The van der Waals surface area contributed by atoms with E-state index in [1.54, 1.807) is 0 Å². The van der Waals surface area contributed by atoms with Crippen LogP contribution in [-0.2, 0) is 10.0 Å². The molecule has 3 rings (SSSR count). The first-order chi connectivity index (χ1) is 13.2. The highest BCUT2D eigenvalue weighted by atomic mass is 35.5. The number of sulfonamides is 1. The number of hydrogen-bond donors (Lipinski definition) is 1. The number of piperidine rings is 1. The van der Waals surface area contributed by atoms with Crippen molar-refractivity contribution in [3.05, 3.63) is 58.1 Å². The minimum Gasteiger partial charge on any atom is -0.322 e. The maximum atomic E-state index is 13.0. The summed E-state index contributed by atoms with van der Waals surface area (Å²) < 4.78 is 27.5. The maximum absolute atomic E-state index is 13.0. The second-order valence-electron chi connectivity index (χ2n) is 7.50. The Morgan fingerprint density at radius 2 is 1.79 bits per heavy atom. The van der Waals surface area contributed by atoms with Crippen molar-refractivity contribution in [1.82, 2.24) is 4.31 Å². The Bertz CT molecular complexity index is 997. The van der Waals surface area contributed by atoms with Crippen molar-refractivity contribution in [3.8, 4) is 0 Å². The molecule has 1 aliphatic heterocycles. The highest BCUT2D eigenvalue weighted by Gasteiger charge is 2.29. The van der Waals surface area contributed by atoms with Crippen LogP contribution in [0.2, 0.25) is 5.02 Å². The molecule has 2 aromatic carbocycles. The molecule has 0 spiro atoms. The lowest BCUT2D eigenvalue weighted by molar-refractivity contribution is 0.102. The van der Waals surface area contributed by atoms with Crippen molar-refractivity contribution < 1.29 is 13.2 Å². The molecule has 150 valence electrons. The number of hydrogen-bond acceptors (Lipinski definition) is 3. The first-order valence-corrected chi connectivity index (χ1v) is 11.2. The van der Waals surface area contributed by atoms with Gasteiger partial charge < -0.3 is 5.32 Å². The second-order valence-corrected chi connectivity index (χ2v) is 9.85. The molecule has 2 aromatic rings. The molecular formula is C21H25ClN2O3S. The van der Waals surface area contributed by atoms with Crippen LogP contribution in [0.3, 0.4) is 0 Å². The van der Waals surface area contributed by atoms with E-state index in [0.717, 1.165) is 24.0 Å². The van der Waals surface area contributed by atoms with Gasteiger partial charge >= 0.3 is 0 Å². The molecule has 5 nitrogen and oxygen atoms in total. The third-order valence-electron chi connectivity index (χ3n) is 5.19. The standard InChI is InChI=1S/C21H25ClN2O3S/c1-14-8-10-24(11-9-14)28(26,27)17-5-6-19(22)18(13-17)21(25)23-20-7-4-15(2)12-16(20)3/h4-7,12-14H,8-11H2,1-3H3,(H,23,25). The molecule has 1 amide bonds. The number of aryl methyl sites for hydroxylation is 2. The molecule has 1 aliphatic rings. The van der Waals surface area contributed by atoms with E-state index in [2.05, 4.69) is 12.2 Å². The highest BCUT2D eigenvalue weighted by molar-refractivity contribution is 7.89. The average Bonchev–Trinajstić information content (AvgIpc) is 2.64. The molecular weight excluding hydrogens is 396 g/mol. The van der Waals surface area contributed by atoms with Crippen LogP contribution >= 0.6 is 11.6 Å². The van der Waals surface area contributed by atoms with Gasteiger partial charge in [-0.05, 0) is 62.4 Å². The van der Waals surface area contributed by atoms with Crippen molar-refractivity contribution in [1.29, 1.82) is 0 Å². The first-order valence-electron chi connectivity index (χ1n) is 9.37. The van der Waals surface area contributed by atoms with Gasteiger partial charge in [-0.15, -0.1) is 0 Å². The van der Waals surface area contributed by atoms with Gasteiger partial charge in [0.15, 0.2) is 0 Å². The molecule has 1 heterocycles. The number of rotatable bonds is 4. The Labute approximate surface area is 171 Å². The molecule has 1 fully saturated rings. The highest BCUT2D eigenvalue weighted by Crippen LogP contribution is 2.27. The number of amides is 1. The fraction of sp³-hybridized carbons (Fsp3) is 0.381. The van der Waals surface area contributed by atoms with Crippen LogP contribution in [0.15, 0.2) is 41.3 Å². The topological polar surface area (TPSA) is 66.5 Å². The minimum atomic E-state index is -3.65. The number of benzene rings is 2. The molecule has 0 aromatic heterocycles. The van der Waals surface area contributed by atoms with E-state index in [1.165, 1.54) is 22.5 Å². The Hall–Kier alpha value is -1.89. The van der Waals surface area contributed by atoms with E-state index < -0.39 is 15.9 Å². The summed E-state index contributed by atoms with van der Waals surface area (Å²) in [5.74, 6) is 0.0945. The lowest BCUT2D eigenvalue weighted by Gasteiger charge is -2.29. The van der Waals surface area contributed by atoms with E-state index in [1.807, 2.05) is 32.0 Å². The Morgan fingerprint density at radius 1 is 1.11 bits per heavy atom. The minimum absolute atomic E-state index is 0.0947. The van der Waals surface area contributed by atoms with Crippen LogP contribution < -0.4 is 5.32 Å². The zero-order chi connectivity index (χ0) is 20.5. The van der Waals surface area contributed by atoms with Gasteiger partial charge in [0.05, 0.1) is 15.5 Å². The zero-order valence-electron chi connectivity index (χ0n) is 16.3. The predicted molar refractivity (Wildman–Crippen MR) is 112 cm³/mol. The summed E-state index contributed by atoms with van der Waals surface area (Å²) in [6.45, 7) is 7.00. The Balaban J connectivity index is 1.87. The monoisotopic (exact) mass is 420 g/mol. The number of carbonyl (C=O) groups excluding carboxylic acids is 1. The van der Waals surface area contributed by atoms with E-state index >= 15 is 0 Å². The van der Waals surface area contributed by atoms with Gasteiger partial charge in [-0.3, -0.25) is 4.79 Å². The SMILES string of the molecule is Cc1ccc(NC(=O)c2cc(S(=O)(=O)N3CCC(C)CC3)ccc2Cl)c(C)c1. The average molecular weight is 421 g/mol. The molecule has 0 atom stereocenters. The van der Waals surface area contributed by atoms with Gasteiger partial charge in [0.25, 0.3) is 5.91 Å². The number of carbonyl (C=O) groups is 1. The normalized spacial score (nSPS) is 16.1. The predicted octanol–water partition coefficient (Wildman–Crippen LogP) is 4.63. The van der Waals surface area contributed by atoms with Crippen LogP contribution in [0.4, 0.5) is 5.69 Å². The summed E-state index contributed by atoms with van der Waals surface area (Å²) in [4.78, 5) is 12.9. The molecule has 7 heteroatoms. The van der Waals surface area contributed by atoms with Crippen molar-refractivity contribution >= 4 is 33.2 Å². The molecule has 1 saturated heterocycles. The first kappa shape index (κ1) is 20.8. The molecule has 0 saturated carbocycles. The third-order valence-corrected chi connectivity index (χ3v) is 7.42. The van der Waals surface area contributed by atoms with Crippen LogP contribution in [0, 0.1) is 19.8 Å². The Kier molecular flexibility index (Phi) is 6.12. The summed E-state index contributed by atoms with van der Waals surface area (Å²) in [7, 11) is -3.65. The third kappa shape index (κ3) is 4.40. The lowest BCUT2D eigenvalue weighted by atomic mass is 10.0. The van der Waals surface area contributed by atoms with Gasteiger partial charge in [0.1, 0.15) is 0 Å². The van der Waals surface area contributed by atoms with Crippen molar-refractivity contribution in [2.24, 2.45) is 5.92 Å². The van der Waals surface area contributed by atoms with E-state index in [0.29, 0.717) is 24.7 Å². The van der Waals surface area contributed by atoms with E-state index in [9.17, 15) is 13.2 Å². The lowest BCUT2D eigenvalue weighted by Crippen LogP contribution is -2.37. The van der Waals surface area contributed by atoms with Gasteiger partial charge in [-0.2, -0.15) is 4.31 Å². The Morgan fingerprint density at radius 3 is 2.43 bits per heavy atom.